The van der Waals surface area contributed by atoms with Crippen LogP contribution >= 0.6 is 23.2 Å². The van der Waals surface area contributed by atoms with Crippen LogP contribution in [0.4, 0.5) is 0 Å². The van der Waals surface area contributed by atoms with Crippen LogP contribution in [-0.2, 0) is 6.54 Å². The number of nitriles is 1. The van der Waals surface area contributed by atoms with E-state index < -0.39 is 17.2 Å². The molecule has 0 amide bonds. The molecular weight excluding hydrogens is 463 g/mol. The van der Waals surface area contributed by atoms with E-state index in [1.807, 2.05) is 19.1 Å². The van der Waals surface area contributed by atoms with Crippen LogP contribution < -0.4 is 10.3 Å². The van der Waals surface area contributed by atoms with Crippen molar-refractivity contribution in [1.29, 1.82) is 5.26 Å². The van der Waals surface area contributed by atoms with Crippen molar-refractivity contribution in [3.63, 3.8) is 0 Å². The highest BCUT2D eigenvalue weighted by Crippen LogP contribution is 2.36. The van der Waals surface area contributed by atoms with Gasteiger partial charge in [-0.2, -0.15) is 5.26 Å². The average molecular weight is 485 g/mol. The summed E-state index contributed by atoms with van der Waals surface area (Å²) in [5.41, 5.74) is -0.146. The van der Waals surface area contributed by atoms with E-state index in [-0.39, 0.29) is 44.6 Å². The molecule has 0 unspecified atom stereocenters. The molecule has 0 aliphatic carbocycles. The lowest BCUT2D eigenvalue weighted by Crippen LogP contribution is -2.27. The maximum absolute atomic E-state index is 13.4. The van der Waals surface area contributed by atoms with Crippen molar-refractivity contribution in [1.82, 2.24) is 4.57 Å². The highest BCUT2D eigenvalue weighted by molar-refractivity contribution is 6.38. The maximum atomic E-state index is 13.4. The SMILES string of the molecule is CCCCOc1c(Cl)cc(C(=O)c2c(C)c(C#N)c(=O)n(Cc3ccccc3)c2O)cc1Cl. The number of carbonyl (C=O) groups excluding carboxylic acids is 1. The number of pyridine rings is 1. The quantitative estimate of drug-likeness (QED) is 0.336. The van der Waals surface area contributed by atoms with E-state index in [0.717, 1.165) is 23.0 Å². The van der Waals surface area contributed by atoms with Crippen LogP contribution in [-0.4, -0.2) is 22.1 Å². The van der Waals surface area contributed by atoms with Gasteiger partial charge in [-0.25, -0.2) is 0 Å². The van der Waals surface area contributed by atoms with Gasteiger partial charge in [-0.15, -0.1) is 0 Å². The second-order valence-corrected chi connectivity index (χ2v) is 8.30. The van der Waals surface area contributed by atoms with Crippen molar-refractivity contribution in [2.24, 2.45) is 0 Å². The topological polar surface area (TPSA) is 92.3 Å². The minimum atomic E-state index is -0.677. The van der Waals surface area contributed by atoms with Gasteiger partial charge in [0.25, 0.3) is 5.56 Å². The number of rotatable bonds is 8. The van der Waals surface area contributed by atoms with Gasteiger partial charge < -0.3 is 9.84 Å². The molecule has 170 valence electrons. The van der Waals surface area contributed by atoms with Gasteiger partial charge in [-0.05, 0) is 36.6 Å². The molecule has 3 rings (SSSR count). The predicted octanol–water partition coefficient (Wildman–Crippen LogP) is 5.50. The standard InChI is InChI=1S/C25H22Cl2N2O4/c1-3-4-10-33-23-19(26)11-17(12-20(23)27)22(30)21-15(2)18(13-28)24(31)29(25(21)32)14-16-8-6-5-7-9-16/h5-9,11-12,32H,3-4,10,14H2,1-2H3. The van der Waals surface area contributed by atoms with Crippen LogP contribution in [0.15, 0.2) is 47.3 Å². The number of hydrogen-bond acceptors (Lipinski definition) is 5. The zero-order valence-electron chi connectivity index (χ0n) is 18.2. The van der Waals surface area contributed by atoms with E-state index in [1.54, 1.807) is 24.3 Å². The van der Waals surface area contributed by atoms with Gasteiger partial charge in [0.05, 0.1) is 28.8 Å². The minimum Gasteiger partial charge on any atom is -0.494 e. The Labute approximate surface area is 201 Å². The van der Waals surface area contributed by atoms with E-state index in [4.69, 9.17) is 27.9 Å². The third-order valence-corrected chi connectivity index (χ3v) is 5.78. The van der Waals surface area contributed by atoms with E-state index >= 15 is 0 Å². The molecule has 0 bridgehead atoms. The molecule has 2 aromatic carbocycles. The van der Waals surface area contributed by atoms with Crippen LogP contribution in [0.2, 0.25) is 10.0 Å². The fourth-order valence-electron chi connectivity index (χ4n) is 3.43. The lowest BCUT2D eigenvalue weighted by Gasteiger charge is -2.16. The molecule has 0 aliphatic heterocycles. The van der Waals surface area contributed by atoms with Gasteiger partial charge in [0.2, 0.25) is 5.88 Å². The van der Waals surface area contributed by atoms with Crippen molar-refractivity contribution < 1.29 is 14.6 Å². The van der Waals surface area contributed by atoms with Gasteiger partial charge in [0.1, 0.15) is 11.6 Å². The van der Waals surface area contributed by atoms with Gasteiger partial charge in [-0.1, -0.05) is 66.9 Å². The normalized spacial score (nSPS) is 10.6. The highest BCUT2D eigenvalue weighted by Gasteiger charge is 2.26. The van der Waals surface area contributed by atoms with Gasteiger partial charge in [0.15, 0.2) is 11.5 Å². The summed E-state index contributed by atoms with van der Waals surface area (Å²) in [4.78, 5) is 26.3. The Morgan fingerprint density at radius 3 is 2.39 bits per heavy atom. The van der Waals surface area contributed by atoms with Crippen molar-refractivity contribution in [2.45, 2.75) is 33.2 Å². The highest BCUT2D eigenvalue weighted by atomic mass is 35.5. The summed E-state index contributed by atoms with van der Waals surface area (Å²) < 4.78 is 6.63. The number of halogens is 2. The lowest BCUT2D eigenvalue weighted by molar-refractivity contribution is 0.103. The molecule has 0 saturated heterocycles. The molecule has 33 heavy (non-hydrogen) atoms. The van der Waals surface area contributed by atoms with Crippen LogP contribution in [0.5, 0.6) is 11.6 Å². The number of carbonyl (C=O) groups is 1. The molecule has 8 heteroatoms. The van der Waals surface area contributed by atoms with Crippen molar-refractivity contribution in [3.8, 4) is 17.7 Å². The number of nitrogens with zero attached hydrogens (tertiary/aromatic N) is 2. The summed E-state index contributed by atoms with van der Waals surface area (Å²) in [6.45, 7) is 3.90. The van der Waals surface area contributed by atoms with Gasteiger partial charge in [0, 0.05) is 5.56 Å². The molecule has 0 spiro atoms. The second-order valence-electron chi connectivity index (χ2n) is 7.49. The smallest absolute Gasteiger partial charge is 0.271 e. The monoisotopic (exact) mass is 484 g/mol. The number of hydrogen-bond donors (Lipinski definition) is 1. The largest absolute Gasteiger partial charge is 0.494 e. The van der Waals surface area contributed by atoms with Crippen molar-refractivity contribution in [3.05, 3.63) is 90.7 Å². The summed E-state index contributed by atoms with van der Waals surface area (Å²) in [6.07, 6.45) is 1.75. The molecule has 0 atom stereocenters. The first-order chi connectivity index (χ1) is 15.8. The molecular formula is C25H22Cl2N2O4. The van der Waals surface area contributed by atoms with E-state index in [1.165, 1.54) is 19.1 Å². The molecule has 1 N–H and O–H groups in total. The summed E-state index contributed by atoms with van der Waals surface area (Å²) >= 11 is 12.6. The van der Waals surface area contributed by atoms with Crippen molar-refractivity contribution in [2.75, 3.05) is 6.61 Å². The Morgan fingerprint density at radius 1 is 1.18 bits per heavy atom. The Morgan fingerprint density at radius 2 is 1.82 bits per heavy atom. The maximum Gasteiger partial charge on any atom is 0.271 e. The van der Waals surface area contributed by atoms with E-state index in [9.17, 15) is 20.0 Å². The Kier molecular flexibility index (Phi) is 7.80. The third kappa shape index (κ3) is 5.05. The van der Waals surface area contributed by atoms with E-state index in [0.29, 0.717) is 6.61 Å². The first kappa shape index (κ1) is 24.4. The zero-order chi connectivity index (χ0) is 24.1. The lowest BCUT2D eigenvalue weighted by atomic mass is 9.97. The molecule has 1 heterocycles. The fraction of sp³-hybridized carbons (Fsp3) is 0.240. The van der Waals surface area contributed by atoms with Crippen molar-refractivity contribution >= 4 is 29.0 Å². The number of unbranched alkanes of at least 4 members (excludes halogenated alkanes) is 1. The molecule has 0 saturated carbocycles. The van der Waals surface area contributed by atoms with Crippen LogP contribution in [0, 0.1) is 18.3 Å². The third-order valence-electron chi connectivity index (χ3n) is 5.22. The molecule has 1 aromatic heterocycles. The fourth-order valence-corrected chi connectivity index (χ4v) is 4.02. The van der Waals surface area contributed by atoms with E-state index in [2.05, 4.69) is 0 Å². The predicted molar refractivity (Wildman–Crippen MR) is 128 cm³/mol. The first-order valence-corrected chi connectivity index (χ1v) is 11.1. The Bertz CT molecular complexity index is 1270. The summed E-state index contributed by atoms with van der Waals surface area (Å²) in [5, 5.41) is 20.8. The Hall–Kier alpha value is -3.27. The number of aromatic hydroxyl groups is 1. The molecule has 0 fully saturated rings. The summed E-state index contributed by atoms with van der Waals surface area (Å²) in [6, 6.07) is 13.6. The summed E-state index contributed by atoms with van der Waals surface area (Å²) in [5.74, 6) is -0.871. The number of aromatic nitrogens is 1. The number of benzene rings is 2. The van der Waals surface area contributed by atoms with Gasteiger partial charge in [-0.3, -0.25) is 14.2 Å². The minimum absolute atomic E-state index is 0.00747. The first-order valence-electron chi connectivity index (χ1n) is 10.4. The molecule has 3 aromatic rings. The zero-order valence-corrected chi connectivity index (χ0v) is 19.7. The Balaban J connectivity index is 2.11. The summed E-state index contributed by atoms with van der Waals surface area (Å²) in [7, 11) is 0. The van der Waals surface area contributed by atoms with Crippen LogP contribution in [0.25, 0.3) is 0 Å². The molecule has 0 aliphatic rings. The molecule has 0 radical (unpaired) electrons. The number of ketones is 1. The van der Waals surface area contributed by atoms with Crippen LogP contribution in [0.1, 0.15) is 52.4 Å². The average Bonchev–Trinajstić information content (AvgIpc) is 2.79. The second kappa shape index (κ2) is 10.6. The molecule has 6 nitrogen and oxygen atoms in total. The van der Waals surface area contributed by atoms with Gasteiger partial charge >= 0.3 is 0 Å². The number of ether oxygens (including phenoxy) is 1. The van der Waals surface area contributed by atoms with Crippen LogP contribution in [0.3, 0.4) is 0 Å².